The average Bonchev–Trinajstić information content (AvgIpc) is 2.69. The molecule has 1 unspecified atom stereocenters. The van der Waals surface area contributed by atoms with Gasteiger partial charge in [0.25, 0.3) is 5.91 Å². The fraction of sp³-hybridized carbons (Fsp3) is 0.733. The second kappa shape index (κ2) is 4.88. The lowest BCUT2D eigenvalue weighted by molar-refractivity contribution is -0.0523. The van der Waals surface area contributed by atoms with E-state index in [-0.39, 0.29) is 11.3 Å². The van der Waals surface area contributed by atoms with E-state index in [1.807, 2.05) is 20.9 Å². The van der Waals surface area contributed by atoms with E-state index in [2.05, 4.69) is 10.4 Å². The summed E-state index contributed by atoms with van der Waals surface area (Å²) in [6.07, 6.45) is 4.45. The van der Waals surface area contributed by atoms with Gasteiger partial charge in [0.1, 0.15) is 0 Å². The molecular formula is C15H23N3O2. The van der Waals surface area contributed by atoms with Crippen molar-refractivity contribution in [3.05, 3.63) is 17.0 Å². The van der Waals surface area contributed by atoms with E-state index in [9.17, 15) is 4.79 Å². The number of amides is 1. The van der Waals surface area contributed by atoms with Gasteiger partial charge in [-0.2, -0.15) is 5.10 Å². The van der Waals surface area contributed by atoms with Crippen LogP contribution >= 0.6 is 0 Å². The standard InChI is InChI=1S/C15H23N3O2/c1-10-13(11(2)18(3)17-10)14(19)16-12-4-5-15(12)6-8-20-9-7-15/h12H,4-9H2,1-3H3,(H,16,19). The zero-order valence-electron chi connectivity index (χ0n) is 12.5. The topological polar surface area (TPSA) is 56.2 Å². The number of nitrogens with zero attached hydrogens (tertiary/aromatic N) is 2. The molecule has 1 amide bonds. The summed E-state index contributed by atoms with van der Waals surface area (Å²) in [6, 6.07) is 0.304. The van der Waals surface area contributed by atoms with E-state index < -0.39 is 0 Å². The molecule has 1 saturated heterocycles. The van der Waals surface area contributed by atoms with E-state index in [0.29, 0.717) is 6.04 Å². The molecule has 1 spiro atoms. The Kier molecular flexibility index (Phi) is 3.32. The van der Waals surface area contributed by atoms with Gasteiger partial charge in [-0.1, -0.05) is 0 Å². The van der Waals surface area contributed by atoms with Gasteiger partial charge in [-0.15, -0.1) is 0 Å². The Bertz CT molecular complexity index is 529. The molecule has 0 bridgehead atoms. The minimum atomic E-state index is 0.0312. The third kappa shape index (κ3) is 2.04. The van der Waals surface area contributed by atoms with Gasteiger partial charge in [-0.25, -0.2) is 0 Å². The van der Waals surface area contributed by atoms with Crippen LogP contribution in [0.4, 0.5) is 0 Å². The van der Waals surface area contributed by atoms with Crippen molar-refractivity contribution in [3.63, 3.8) is 0 Å². The lowest BCUT2D eigenvalue weighted by Gasteiger charge is -2.52. The SMILES string of the molecule is Cc1nn(C)c(C)c1C(=O)NC1CCC12CCOCC2. The normalized spacial score (nSPS) is 24.4. The van der Waals surface area contributed by atoms with E-state index in [4.69, 9.17) is 4.74 Å². The molecule has 1 N–H and O–H groups in total. The molecule has 1 aromatic rings. The Morgan fingerprint density at radius 1 is 1.35 bits per heavy atom. The van der Waals surface area contributed by atoms with Crippen molar-refractivity contribution in [2.75, 3.05) is 13.2 Å². The zero-order valence-corrected chi connectivity index (χ0v) is 12.5. The second-order valence-corrected chi connectivity index (χ2v) is 6.21. The summed E-state index contributed by atoms with van der Waals surface area (Å²) in [5, 5.41) is 7.56. The van der Waals surface area contributed by atoms with Crippen LogP contribution in [0, 0.1) is 19.3 Å². The molecule has 0 radical (unpaired) electrons. The molecule has 20 heavy (non-hydrogen) atoms. The first kappa shape index (κ1) is 13.6. The molecule has 2 heterocycles. The highest BCUT2D eigenvalue weighted by Crippen LogP contribution is 2.48. The molecule has 2 aliphatic rings. The first-order chi connectivity index (χ1) is 9.53. The average molecular weight is 277 g/mol. The number of hydrogen-bond donors (Lipinski definition) is 1. The molecule has 5 nitrogen and oxygen atoms in total. The molecule has 3 rings (SSSR count). The highest BCUT2D eigenvalue weighted by atomic mass is 16.5. The van der Waals surface area contributed by atoms with E-state index in [1.165, 1.54) is 6.42 Å². The van der Waals surface area contributed by atoms with Crippen molar-refractivity contribution in [3.8, 4) is 0 Å². The minimum Gasteiger partial charge on any atom is -0.381 e. The molecule has 1 aliphatic carbocycles. The lowest BCUT2D eigenvalue weighted by Crippen LogP contribution is -2.57. The zero-order chi connectivity index (χ0) is 14.3. The van der Waals surface area contributed by atoms with Crippen LogP contribution in [0.25, 0.3) is 0 Å². The van der Waals surface area contributed by atoms with Crippen LogP contribution < -0.4 is 5.32 Å². The van der Waals surface area contributed by atoms with Gasteiger partial charge in [-0.3, -0.25) is 9.48 Å². The summed E-state index contributed by atoms with van der Waals surface area (Å²) in [6.45, 7) is 5.50. The van der Waals surface area contributed by atoms with Crippen LogP contribution in [0.2, 0.25) is 0 Å². The van der Waals surface area contributed by atoms with Gasteiger partial charge in [0.15, 0.2) is 0 Å². The monoisotopic (exact) mass is 277 g/mol. The molecule has 1 atom stereocenters. The maximum atomic E-state index is 12.5. The van der Waals surface area contributed by atoms with Crippen molar-refractivity contribution in [1.29, 1.82) is 0 Å². The van der Waals surface area contributed by atoms with Gasteiger partial charge in [0.05, 0.1) is 11.3 Å². The van der Waals surface area contributed by atoms with Crippen LogP contribution in [-0.2, 0) is 11.8 Å². The Balaban J connectivity index is 1.73. The Morgan fingerprint density at radius 3 is 2.55 bits per heavy atom. The highest BCUT2D eigenvalue weighted by Gasteiger charge is 2.48. The minimum absolute atomic E-state index is 0.0312. The molecule has 1 aliphatic heterocycles. The third-order valence-electron chi connectivity index (χ3n) is 5.20. The summed E-state index contributed by atoms with van der Waals surface area (Å²) in [5.41, 5.74) is 2.77. The molecular weight excluding hydrogens is 254 g/mol. The summed E-state index contributed by atoms with van der Waals surface area (Å²) >= 11 is 0. The number of nitrogens with one attached hydrogen (secondary N) is 1. The quantitative estimate of drug-likeness (QED) is 0.895. The van der Waals surface area contributed by atoms with E-state index in [0.717, 1.165) is 49.4 Å². The first-order valence-corrected chi connectivity index (χ1v) is 7.42. The highest BCUT2D eigenvalue weighted by molar-refractivity contribution is 5.96. The second-order valence-electron chi connectivity index (χ2n) is 6.21. The molecule has 1 saturated carbocycles. The Hall–Kier alpha value is -1.36. The van der Waals surface area contributed by atoms with Crippen molar-refractivity contribution in [2.24, 2.45) is 12.5 Å². The molecule has 5 heteroatoms. The van der Waals surface area contributed by atoms with Crippen LogP contribution in [0.5, 0.6) is 0 Å². The Labute approximate surface area is 119 Å². The largest absolute Gasteiger partial charge is 0.381 e. The fourth-order valence-electron chi connectivity index (χ4n) is 3.63. The number of aryl methyl sites for hydroxylation is 2. The summed E-state index contributed by atoms with van der Waals surface area (Å²) in [7, 11) is 1.88. The van der Waals surface area contributed by atoms with Gasteiger partial charge in [-0.05, 0) is 44.9 Å². The molecule has 1 aromatic heterocycles. The molecule has 0 aromatic carbocycles. The predicted molar refractivity (Wildman–Crippen MR) is 75.7 cm³/mol. The van der Waals surface area contributed by atoms with Crippen molar-refractivity contribution in [1.82, 2.24) is 15.1 Å². The summed E-state index contributed by atoms with van der Waals surface area (Å²) < 4.78 is 7.23. The number of hydrogen-bond acceptors (Lipinski definition) is 3. The predicted octanol–water partition coefficient (Wildman–Crippen LogP) is 1.73. The van der Waals surface area contributed by atoms with Crippen molar-refractivity contribution >= 4 is 5.91 Å². The van der Waals surface area contributed by atoms with Crippen LogP contribution in [0.15, 0.2) is 0 Å². The molecule has 2 fully saturated rings. The maximum absolute atomic E-state index is 12.5. The fourth-order valence-corrected chi connectivity index (χ4v) is 3.63. The third-order valence-corrected chi connectivity index (χ3v) is 5.20. The lowest BCUT2D eigenvalue weighted by atomic mass is 9.60. The number of aromatic nitrogens is 2. The molecule has 110 valence electrons. The number of rotatable bonds is 2. The number of ether oxygens (including phenoxy) is 1. The van der Waals surface area contributed by atoms with Crippen molar-refractivity contribution < 1.29 is 9.53 Å². The first-order valence-electron chi connectivity index (χ1n) is 7.42. The van der Waals surface area contributed by atoms with E-state index >= 15 is 0 Å². The van der Waals surface area contributed by atoms with Crippen LogP contribution in [0.1, 0.15) is 47.4 Å². The summed E-state index contributed by atoms with van der Waals surface area (Å²) in [5.74, 6) is 0.0312. The van der Waals surface area contributed by atoms with Crippen LogP contribution in [-0.4, -0.2) is 34.9 Å². The summed E-state index contributed by atoms with van der Waals surface area (Å²) in [4.78, 5) is 12.5. The van der Waals surface area contributed by atoms with Gasteiger partial charge >= 0.3 is 0 Å². The van der Waals surface area contributed by atoms with Gasteiger partial charge < -0.3 is 10.1 Å². The smallest absolute Gasteiger partial charge is 0.255 e. The van der Waals surface area contributed by atoms with Crippen molar-refractivity contribution in [2.45, 2.75) is 45.6 Å². The Morgan fingerprint density at radius 2 is 2.05 bits per heavy atom. The van der Waals surface area contributed by atoms with E-state index in [1.54, 1.807) is 4.68 Å². The van der Waals surface area contributed by atoms with Gasteiger partial charge in [0.2, 0.25) is 0 Å². The number of carbonyl (C=O) groups is 1. The number of carbonyl (C=O) groups excluding carboxylic acids is 1. The van der Waals surface area contributed by atoms with Crippen LogP contribution in [0.3, 0.4) is 0 Å². The van der Waals surface area contributed by atoms with Gasteiger partial charge in [0, 0.05) is 32.0 Å². The maximum Gasteiger partial charge on any atom is 0.255 e.